The number of nitrogens with two attached hydrogens (primary N) is 2. The first-order valence-corrected chi connectivity index (χ1v) is 7.82. The second-order valence-electron chi connectivity index (χ2n) is 7.81. The zero-order valence-electron chi connectivity index (χ0n) is 15.3. The van der Waals surface area contributed by atoms with Gasteiger partial charge in [-0.15, -0.1) is 0 Å². The summed E-state index contributed by atoms with van der Waals surface area (Å²) < 4.78 is 10.2. The monoisotopic (exact) mass is 346 g/mol. The standard InChI is InChI=1S/C16H30N2O6/c1-14(2,3)23-11(19)10(17)8-7-9-16(18,12(20)21)13(22)24-15(4,5)6/h10H,7-9,17-18H2,1-6H3,(H,20,21)/t10-,16-/m0/s1. The van der Waals surface area contributed by atoms with Gasteiger partial charge >= 0.3 is 17.9 Å². The lowest BCUT2D eigenvalue weighted by Crippen LogP contribution is -2.57. The van der Waals surface area contributed by atoms with Gasteiger partial charge in [-0.1, -0.05) is 0 Å². The summed E-state index contributed by atoms with van der Waals surface area (Å²) in [6.45, 7) is 10.0. The molecule has 8 nitrogen and oxygen atoms in total. The molecule has 0 fully saturated rings. The normalized spacial score (nSPS) is 16.0. The van der Waals surface area contributed by atoms with Crippen molar-refractivity contribution in [1.29, 1.82) is 0 Å². The maximum absolute atomic E-state index is 12.1. The van der Waals surface area contributed by atoms with Crippen LogP contribution in [-0.2, 0) is 23.9 Å². The molecule has 24 heavy (non-hydrogen) atoms. The van der Waals surface area contributed by atoms with Gasteiger partial charge in [0.15, 0.2) is 0 Å². The van der Waals surface area contributed by atoms with Crippen LogP contribution in [0.2, 0.25) is 0 Å². The number of aliphatic carboxylic acids is 1. The van der Waals surface area contributed by atoms with Crippen LogP contribution in [0.15, 0.2) is 0 Å². The van der Waals surface area contributed by atoms with Gasteiger partial charge in [-0.3, -0.25) is 4.79 Å². The fourth-order valence-electron chi connectivity index (χ4n) is 1.76. The third-order valence-corrected chi connectivity index (χ3v) is 2.94. The summed E-state index contributed by atoms with van der Waals surface area (Å²) in [6, 6.07) is -0.916. The third-order valence-electron chi connectivity index (χ3n) is 2.94. The van der Waals surface area contributed by atoms with E-state index in [1.54, 1.807) is 41.5 Å². The number of rotatable bonds is 7. The molecule has 0 spiro atoms. The smallest absolute Gasteiger partial charge is 0.338 e. The van der Waals surface area contributed by atoms with Crippen molar-refractivity contribution in [2.75, 3.05) is 0 Å². The van der Waals surface area contributed by atoms with Crippen LogP contribution in [0.4, 0.5) is 0 Å². The minimum absolute atomic E-state index is 0.143. The van der Waals surface area contributed by atoms with Crippen LogP contribution >= 0.6 is 0 Å². The van der Waals surface area contributed by atoms with E-state index in [2.05, 4.69) is 0 Å². The van der Waals surface area contributed by atoms with Crippen molar-refractivity contribution in [3.8, 4) is 0 Å². The largest absolute Gasteiger partial charge is 0.479 e. The Bertz CT molecular complexity index is 478. The third kappa shape index (κ3) is 7.74. The molecule has 0 unspecified atom stereocenters. The van der Waals surface area contributed by atoms with E-state index in [1.807, 2.05) is 0 Å². The van der Waals surface area contributed by atoms with E-state index in [0.29, 0.717) is 0 Å². The molecule has 0 aliphatic heterocycles. The van der Waals surface area contributed by atoms with Crippen molar-refractivity contribution in [3.63, 3.8) is 0 Å². The van der Waals surface area contributed by atoms with E-state index in [-0.39, 0.29) is 19.3 Å². The van der Waals surface area contributed by atoms with E-state index in [1.165, 1.54) is 0 Å². The molecule has 0 aromatic heterocycles. The lowest BCUT2D eigenvalue weighted by atomic mass is 9.92. The molecular weight excluding hydrogens is 316 g/mol. The maximum Gasteiger partial charge on any atom is 0.338 e. The van der Waals surface area contributed by atoms with Crippen LogP contribution in [0.3, 0.4) is 0 Å². The van der Waals surface area contributed by atoms with E-state index >= 15 is 0 Å². The Labute approximate surface area is 142 Å². The Morgan fingerprint density at radius 3 is 1.83 bits per heavy atom. The van der Waals surface area contributed by atoms with Gasteiger partial charge < -0.3 is 26.0 Å². The topological polar surface area (TPSA) is 142 Å². The van der Waals surface area contributed by atoms with Gasteiger partial charge in [-0.2, -0.15) is 0 Å². The molecule has 0 aliphatic rings. The van der Waals surface area contributed by atoms with Crippen LogP contribution in [0, 0.1) is 0 Å². The Morgan fingerprint density at radius 2 is 1.46 bits per heavy atom. The first-order chi connectivity index (χ1) is 10.6. The van der Waals surface area contributed by atoms with Crippen LogP contribution in [0.5, 0.6) is 0 Å². The number of carbonyl (C=O) groups is 3. The Morgan fingerprint density at radius 1 is 1.00 bits per heavy atom. The van der Waals surface area contributed by atoms with E-state index in [9.17, 15) is 19.5 Å². The van der Waals surface area contributed by atoms with Crippen LogP contribution in [-0.4, -0.2) is 45.8 Å². The highest BCUT2D eigenvalue weighted by atomic mass is 16.6. The second-order valence-corrected chi connectivity index (χ2v) is 7.81. The molecule has 8 heteroatoms. The summed E-state index contributed by atoms with van der Waals surface area (Å²) in [5.74, 6) is -3.09. The van der Waals surface area contributed by atoms with E-state index < -0.39 is 40.7 Å². The molecule has 0 saturated carbocycles. The minimum atomic E-state index is -2.18. The fraction of sp³-hybridized carbons (Fsp3) is 0.812. The van der Waals surface area contributed by atoms with E-state index in [4.69, 9.17) is 20.9 Å². The van der Waals surface area contributed by atoms with Crippen LogP contribution in [0.25, 0.3) is 0 Å². The molecule has 0 saturated heterocycles. The SMILES string of the molecule is CC(C)(C)OC(=O)[C@@H](N)CCC[C@](N)(C(=O)O)C(=O)OC(C)(C)C. The van der Waals surface area contributed by atoms with Gasteiger partial charge in [-0.25, -0.2) is 9.59 Å². The first-order valence-electron chi connectivity index (χ1n) is 7.82. The van der Waals surface area contributed by atoms with Crippen LogP contribution < -0.4 is 11.5 Å². The molecule has 0 bridgehead atoms. The van der Waals surface area contributed by atoms with Crippen molar-refractivity contribution >= 4 is 17.9 Å². The molecule has 0 radical (unpaired) electrons. The number of hydrogen-bond acceptors (Lipinski definition) is 7. The van der Waals surface area contributed by atoms with Crippen molar-refractivity contribution in [2.45, 2.75) is 83.6 Å². The quantitative estimate of drug-likeness (QED) is 0.457. The lowest BCUT2D eigenvalue weighted by molar-refractivity contribution is -0.169. The lowest BCUT2D eigenvalue weighted by Gasteiger charge is -2.28. The second kappa shape index (κ2) is 7.94. The van der Waals surface area contributed by atoms with Crippen molar-refractivity contribution in [3.05, 3.63) is 0 Å². The minimum Gasteiger partial charge on any atom is -0.479 e. The van der Waals surface area contributed by atoms with Crippen molar-refractivity contribution in [2.24, 2.45) is 11.5 Å². The molecule has 0 aromatic carbocycles. The van der Waals surface area contributed by atoms with Crippen LogP contribution in [0.1, 0.15) is 60.8 Å². The molecule has 0 amide bonds. The summed E-state index contributed by atoms with van der Waals surface area (Å²) in [4.78, 5) is 35.2. The van der Waals surface area contributed by atoms with Crippen molar-refractivity contribution in [1.82, 2.24) is 0 Å². The van der Waals surface area contributed by atoms with Gasteiger partial charge in [0, 0.05) is 0 Å². The summed E-state index contributed by atoms with van der Waals surface area (Å²) >= 11 is 0. The number of hydrogen-bond donors (Lipinski definition) is 3. The molecule has 0 rings (SSSR count). The summed E-state index contributed by atoms with van der Waals surface area (Å²) in [7, 11) is 0. The highest BCUT2D eigenvalue weighted by Crippen LogP contribution is 2.19. The van der Waals surface area contributed by atoms with Gasteiger partial charge in [0.1, 0.15) is 17.2 Å². The number of ether oxygens (including phenoxy) is 2. The maximum atomic E-state index is 12.1. The average Bonchev–Trinajstić information content (AvgIpc) is 2.33. The summed E-state index contributed by atoms with van der Waals surface area (Å²) in [6.07, 6.45) is 0.0974. The summed E-state index contributed by atoms with van der Waals surface area (Å²) in [5, 5.41) is 9.28. The van der Waals surface area contributed by atoms with Gasteiger partial charge in [-0.05, 0) is 60.8 Å². The molecule has 0 heterocycles. The Balaban J connectivity index is 4.74. The Kier molecular flexibility index (Phi) is 7.38. The molecule has 140 valence electrons. The number of carbonyl (C=O) groups excluding carboxylic acids is 2. The average molecular weight is 346 g/mol. The predicted molar refractivity (Wildman–Crippen MR) is 88.1 cm³/mol. The molecule has 5 N–H and O–H groups in total. The molecule has 0 aromatic rings. The number of carboxylic acid groups (broad SMARTS) is 1. The number of carboxylic acids is 1. The Hall–Kier alpha value is -1.67. The fourth-order valence-corrected chi connectivity index (χ4v) is 1.76. The molecule has 2 atom stereocenters. The zero-order chi connectivity index (χ0) is 19.3. The zero-order valence-corrected chi connectivity index (χ0v) is 15.3. The highest BCUT2D eigenvalue weighted by Gasteiger charge is 2.45. The molecule has 0 aliphatic carbocycles. The predicted octanol–water partition coefficient (Wildman–Crippen LogP) is 0.950. The van der Waals surface area contributed by atoms with Gasteiger partial charge in [0.05, 0.1) is 0 Å². The van der Waals surface area contributed by atoms with E-state index in [0.717, 1.165) is 0 Å². The summed E-state index contributed by atoms with van der Waals surface area (Å²) in [5.41, 5.74) is 7.75. The number of esters is 2. The molecular formula is C16H30N2O6. The first kappa shape index (κ1) is 22.3. The highest BCUT2D eigenvalue weighted by molar-refractivity contribution is 6.03. The van der Waals surface area contributed by atoms with Gasteiger partial charge in [0.2, 0.25) is 5.54 Å². The van der Waals surface area contributed by atoms with Crippen molar-refractivity contribution < 1.29 is 29.0 Å². The van der Waals surface area contributed by atoms with Gasteiger partial charge in [0.25, 0.3) is 0 Å².